The van der Waals surface area contributed by atoms with E-state index in [1.807, 2.05) is 13.0 Å². The van der Waals surface area contributed by atoms with E-state index in [0.717, 1.165) is 59.2 Å². The van der Waals surface area contributed by atoms with Gasteiger partial charge in [-0.25, -0.2) is 4.98 Å². The molecule has 0 saturated carbocycles. The molecule has 0 atom stereocenters. The Balaban J connectivity index is 2.49. The van der Waals surface area contributed by atoms with E-state index in [1.54, 1.807) is 6.20 Å². The maximum atomic E-state index is 5.52. The van der Waals surface area contributed by atoms with Crippen LogP contribution in [0.1, 0.15) is 12.7 Å². The van der Waals surface area contributed by atoms with Gasteiger partial charge in [-0.1, -0.05) is 19.2 Å². The fraction of sp³-hybridized carbons (Fsp3) is 0.333. The van der Waals surface area contributed by atoms with Gasteiger partial charge in [0.2, 0.25) is 0 Å². The third-order valence-electron chi connectivity index (χ3n) is 3.57. The van der Waals surface area contributed by atoms with Crippen LogP contribution in [0.2, 0.25) is 0 Å². The van der Waals surface area contributed by atoms with E-state index in [-0.39, 0.29) is 0 Å². The molecule has 98 valence electrons. The van der Waals surface area contributed by atoms with E-state index in [1.165, 1.54) is 0 Å². The maximum Gasteiger partial charge on any atom is 0.112 e. The molecule has 0 N–H and O–H groups in total. The zero-order valence-electron chi connectivity index (χ0n) is 11.1. The molecule has 1 aliphatic rings. The number of aromatic nitrogens is 3. The molecule has 0 aliphatic carbocycles. The monoisotopic (exact) mass is 255 g/mol. The SMILES string of the molecule is C=C/C(C)=c1\c(=C)ncc2nc3n(c12)CCOCC3. The Morgan fingerprint density at radius 3 is 3.11 bits per heavy atom. The number of hydrogen-bond donors (Lipinski definition) is 0. The smallest absolute Gasteiger partial charge is 0.112 e. The van der Waals surface area contributed by atoms with E-state index >= 15 is 0 Å². The molecule has 0 spiro atoms. The third kappa shape index (κ3) is 1.88. The lowest BCUT2D eigenvalue weighted by atomic mass is 10.2. The summed E-state index contributed by atoms with van der Waals surface area (Å²) in [6.07, 6.45) is 4.49. The van der Waals surface area contributed by atoms with Crippen molar-refractivity contribution in [3.8, 4) is 0 Å². The van der Waals surface area contributed by atoms with Crippen molar-refractivity contribution >= 4 is 23.2 Å². The van der Waals surface area contributed by atoms with Crippen LogP contribution >= 0.6 is 0 Å². The fourth-order valence-corrected chi connectivity index (χ4v) is 2.58. The lowest BCUT2D eigenvalue weighted by Gasteiger charge is -2.05. The first kappa shape index (κ1) is 12.1. The molecule has 4 heteroatoms. The predicted molar refractivity (Wildman–Crippen MR) is 76.1 cm³/mol. The molecule has 0 amide bonds. The Morgan fingerprint density at radius 2 is 2.32 bits per heavy atom. The highest BCUT2D eigenvalue weighted by molar-refractivity contribution is 5.79. The molecule has 0 radical (unpaired) electrons. The van der Waals surface area contributed by atoms with Crippen LogP contribution < -0.4 is 10.6 Å². The van der Waals surface area contributed by atoms with E-state index in [9.17, 15) is 0 Å². The summed E-state index contributed by atoms with van der Waals surface area (Å²) < 4.78 is 7.76. The minimum atomic E-state index is 0.722. The van der Waals surface area contributed by atoms with Gasteiger partial charge >= 0.3 is 0 Å². The van der Waals surface area contributed by atoms with E-state index in [0.29, 0.717) is 0 Å². The van der Waals surface area contributed by atoms with Crippen LogP contribution in [0.25, 0.3) is 23.2 Å². The zero-order chi connectivity index (χ0) is 13.4. The summed E-state index contributed by atoms with van der Waals surface area (Å²) in [4.78, 5) is 9.03. The minimum Gasteiger partial charge on any atom is -0.379 e. The molecular weight excluding hydrogens is 238 g/mol. The number of hydrogen-bond acceptors (Lipinski definition) is 3. The molecule has 3 rings (SSSR count). The predicted octanol–water partition coefficient (Wildman–Crippen LogP) is 0.771. The summed E-state index contributed by atoms with van der Waals surface area (Å²) >= 11 is 0. The summed E-state index contributed by atoms with van der Waals surface area (Å²) in [6.45, 7) is 12.2. The number of pyridine rings is 1. The highest BCUT2D eigenvalue weighted by atomic mass is 16.5. The summed E-state index contributed by atoms with van der Waals surface area (Å²) in [7, 11) is 0. The van der Waals surface area contributed by atoms with Crippen molar-refractivity contribution in [2.45, 2.75) is 19.9 Å². The van der Waals surface area contributed by atoms with Gasteiger partial charge in [0.05, 0.1) is 30.3 Å². The van der Waals surface area contributed by atoms with Crippen molar-refractivity contribution in [1.82, 2.24) is 14.5 Å². The van der Waals surface area contributed by atoms with Gasteiger partial charge in [-0.2, -0.15) is 0 Å². The van der Waals surface area contributed by atoms with Gasteiger partial charge in [0, 0.05) is 18.2 Å². The molecule has 4 nitrogen and oxygen atoms in total. The average molecular weight is 255 g/mol. The molecule has 2 aromatic heterocycles. The molecule has 0 saturated heterocycles. The van der Waals surface area contributed by atoms with Crippen LogP contribution in [0.3, 0.4) is 0 Å². The first-order valence-corrected chi connectivity index (χ1v) is 6.46. The number of rotatable bonds is 1. The first-order valence-electron chi connectivity index (χ1n) is 6.46. The Hall–Kier alpha value is -1.94. The molecule has 0 bridgehead atoms. The molecular formula is C15H17N3O. The molecule has 0 aromatic carbocycles. The molecule has 0 fully saturated rings. The number of nitrogens with zero attached hydrogens (tertiary/aromatic N) is 3. The van der Waals surface area contributed by atoms with Crippen molar-refractivity contribution < 1.29 is 4.74 Å². The van der Waals surface area contributed by atoms with Gasteiger partial charge in [-0.15, -0.1) is 0 Å². The summed E-state index contributed by atoms with van der Waals surface area (Å²) in [5.41, 5.74) is 3.12. The second kappa shape index (κ2) is 4.63. The standard InChI is InChI=1S/C15H17N3O/c1-4-10(2)14-11(3)16-9-12-15(14)18-6-8-19-7-5-13(18)17-12/h4,9H,1,3,5-8H2,2H3/b14-10+. The summed E-state index contributed by atoms with van der Waals surface area (Å²) in [5, 5.41) is 1.82. The van der Waals surface area contributed by atoms with Crippen LogP contribution in [0.15, 0.2) is 18.9 Å². The first-order chi connectivity index (χ1) is 9.22. The van der Waals surface area contributed by atoms with Crippen LogP contribution in [0.5, 0.6) is 0 Å². The van der Waals surface area contributed by atoms with Gasteiger partial charge in [0.1, 0.15) is 11.3 Å². The molecule has 2 aromatic rings. The van der Waals surface area contributed by atoms with Crippen LogP contribution in [0.4, 0.5) is 0 Å². The molecule has 3 heterocycles. The Kier molecular flexibility index (Phi) is 2.95. The average Bonchev–Trinajstić information content (AvgIpc) is 2.60. The minimum absolute atomic E-state index is 0.722. The van der Waals surface area contributed by atoms with Crippen LogP contribution in [-0.4, -0.2) is 27.7 Å². The van der Waals surface area contributed by atoms with E-state index in [4.69, 9.17) is 4.74 Å². The van der Waals surface area contributed by atoms with Gasteiger partial charge in [0.25, 0.3) is 0 Å². The normalized spacial score (nSPS) is 16.9. The molecule has 0 unspecified atom stereocenters. The number of fused-ring (bicyclic) bond motifs is 3. The van der Waals surface area contributed by atoms with E-state index in [2.05, 4.69) is 27.7 Å². The van der Waals surface area contributed by atoms with Gasteiger partial charge < -0.3 is 9.30 Å². The highest BCUT2D eigenvalue weighted by Crippen LogP contribution is 2.14. The maximum absolute atomic E-state index is 5.52. The topological polar surface area (TPSA) is 39.9 Å². The molecule has 1 aliphatic heterocycles. The Bertz CT molecular complexity index is 758. The Labute approximate surface area is 111 Å². The second-order valence-electron chi connectivity index (χ2n) is 4.74. The quantitative estimate of drug-likeness (QED) is 0.755. The third-order valence-corrected chi connectivity index (χ3v) is 3.57. The zero-order valence-corrected chi connectivity index (χ0v) is 11.1. The van der Waals surface area contributed by atoms with E-state index < -0.39 is 0 Å². The highest BCUT2D eigenvalue weighted by Gasteiger charge is 2.15. The van der Waals surface area contributed by atoms with Crippen molar-refractivity contribution in [3.05, 3.63) is 35.2 Å². The van der Waals surface area contributed by atoms with Crippen molar-refractivity contribution in [2.24, 2.45) is 0 Å². The fourth-order valence-electron chi connectivity index (χ4n) is 2.58. The second-order valence-corrected chi connectivity index (χ2v) is 4.74. The number of ether oxygens (including phenoxy) is 1. The number of allylic oxidation sites excluding steroid dienone is 1. The van der Waals surface area contributed by atoms with Crippen LogP contribution in [-0.2, 0) is 17.7 Å². The molecule has 19 heavy (non-hydrogen) atoms. The lowest BCUT2D eigenvalue weighted by Crippen LogP contribution is -2.30. The van der Waals surface area contributed by atoms with Crippen molar-refractivity contribution in [1.29, 1.82) is 0 Å². The van der Waals surface area contributed by atoms with Crippen LogP contribution in [0, 0.1) is 0 Å². The lowest BCUT2D eigenvalue weighted by molar-refractivity contribution is 0.140. The van der Waals surface area contributed by atoms with Crippen molar-refractivity contribution in [3.63, 3.8) is 0 Å². The van der Waals surface area contributed by atoms with Gasteiger partial charge in [0.15, 0.2) is 0 Å². The van der Waals surface area contributed by atoms with Crippen molar-refractivity contribution in [2.75, 3.05) is 13.2 Å². The van der Waals surface area contributed by atoms with Gasteiger partial charge in [-0.3, -0.25) is 4.98 Å². The number of imidazole rings is 1. The summed E-state index contributed by atoms with van der Waals surface area (Å²) in [6, 6.07) is 0. The largest absolute Gasteiger partial charge is 0.379 e. The summed E-state index contributed by atoms with van der Waals surface area (Å²) in [5.74, 6) is 1.07. The Morgan fingerprint density at radius 1 is 1.47 bits per heavy atom. The van der Waals surface area contributed by atoms with Gasteiger partial charge in [-0.05, 0) is 12.5 Å².